The highest BCUT2D eigenvalue weighted by molar-refractivity contribution is 5.97. The highest BCUT2D eigenvalue weighted by Gasteiger charge is 2.28. The number of nitrogens with one attached hydrogen (secondary N) is 2. The number of anilines is 1. The Balaban J connectivity index is 1.79. The van der Waals surface area contributed by atoms with Crippen LogP contribution in [0.25, 0.3) is 17.5 Å². The van der Waals surface area contributed by atoms with Gasteiger partial charge in [-0.3, -0.25) is 5.41 Å². The van der Waals surface area contributed by atoms with E-state index < -0.39 is 12.1 Å². The molecule has 1 aliphatic heterocycles. The number of hydrogen-bond donors (Lipinski definition) is 3. The van der Waals surface area contributed by atoms with Crippen molar-refractivity contribution < 1.29 is 8.78 Å². The monoisotopic (exact) mass is 375 g/mol. The van der Waals surface area contributed by atoms with E-state index >= 15 is 0 Å². The van der Waals surface area contributed by atoms with Crippen molar-refractivity contribution in [3.63, 3.8) is 0 Å². The van der Waals surface area contributed by atoms with Gasteiger partial charge in [0.25, 0.3) is 6.43 Å². The third-order valence-electron chi connectivity index (χ3n) is 4.92. The Kier molecular flexibility index (Phi) is 5.90. The Bertz CT molecular complexity index is 818. The molecule has 0 radical (unpaired) electrons. The molecule has 3 rings (SSSR count). The van der Waals surface area contributed by atoms with Gasteiger partial charge in [-0.25, -0.2) is 23.7 Å². The molecule has 2 aromatic rings. The first kappa shape index (κ1) is 19.1. The molecule has 27 heavy (non-hydrogen) atoms. The average molecular weight is 375 g/mol. The smallest absolute Gasteiger partial charge is 0.279 e. The SMILES string of the molecule is CC1C(CN)CCCN1c1cc(-c2cnc(/C=C\C(=N)C(F)F)[nH]2)ncn1. The summed E-state index contributed by atoms with van der Waals surface area (Å²) < 4.78 is 24.7. The van der Waals surface area contributed by atoms with Crippen LogP contribution in [0.1, 0.15) is 25.6 Å². The van der Waals surface area contributed by atoms with Crippen molar-refractivity contribution in [2.75, 3.05) is 18.0 Å². The Hall–Kier alpha value is -2.68. The molecule has 9 heteroatoms. The third kappa shape index (κ3) is 4.36. The Labute approximate surface area is 156 Å². The second-order valence-electron chi connectivity index (χ2n) is 6.60. The largest absolute Gasteiger partial charge is 0.353 e. The quantitative estimate of drug-likeness (QED) is 0.673. The summed E-state index contributed by atoms with van der Waals surface area (Å²) in [7, 11) is 0. The van der Waals surface area contributed by atoms with Crippen LogP contribution in [0.4, 0.5) is 14.6 Å². The van der Waals surface area contributed by atoms with Gasteiger partial charge in [-0.2, -0.15) is 0 Å². The number of halogens is 2. The molecule has 0 aliphatic carbocycles. The summed E-state index contributed by atoms with van der Waals surface area (Å²) in [4.78, 5) is 18.1. The average Bonchev–Trinajstić information content (AvgIpc) is 3.15. The number of allylic oxidation sites excluding steroid dienone is 1. The van der Waals surface area contributed by atoms with Crippen LogP contribution in [0.2, 0.25) is 0 Å². The fraction of sp³-hybridized carbons (Fsp3) is 0.444. The summed E-state index contributed by atoms with van der Waals surface area (Å²) >= 11 is 0. The Morgan fingerprint density at radius 1 is 1.44 bits per heavy atom. The molecular weight excluding hydrogens is 352 g/mol. The van der Waals surface area contributed by atoms with Gasteiger partial charge >= 0.3 is 0 Å². The molecule has 0 bridgehead atoms. The van der Waals surface area contributed by atoms with Crippen LogP contribution in [0, 0.1) is 11.3 Å². The molecule has 1 aliphatic rings. The molecule has 0 amide bonds. The molecule has 0 saturated carbocycles. The highest BCUT2D eigenvalue weighted by Crippen LogP contribution is 2.28. The summed E-state index contributed by atoms with van der Waals surface area (Å²) in [6.07, 6.45) is 4.85. The van der Waals surface area contributed by atoms with Gasteiger partial charge in [-0.05, 0) is 44.4 Å². The minimum Gasteiger partial charge on any atom is -0.353 e. The van der Waals surface area contributed by atoms with Crippen molar-refractivity contribution in [1.82, 2.24) is 19.9 Å². The maximum Gasteiger partial charge on any atom is 0.279 e. The number of aromatic amines is 1. The zero-order valence-corrected chi connectivity index (χ0v) is 15.1. The van der Waals surface area contributed by atoms with Crippen molar-refractivity contribution >= 4 is 17.6 Å². The molecule has 1 saturated heterocycles. The first-order valence-corrected chi connectivity index (χ1v) is 8.88. The third-order valence-corrected chi connectivity index (χ3v) is 4.92. The lowest BCUT2D eigenvalue weighted by atomic mass is 9.90. The molecule has 1 fully saturated rings. The van der Waals surface area contributed by atoms with E-state index in [2.05, 4.69) is 31.8 Å². The van der Waals surface area contributed by atoms with Gasteiger partial charge in [0.2, 0.25) is 0 Å². The maximum absolute atomic E-state index is 12.4. The summed E-state index contributed by atoms with van der Waals surface area (Å²) in [5.74, 6) is 1.65. The number of H-pyrrole nitrogens is 1. The Morgan fingerprint density at radius 2 is 2.26 bits per heavy atom. The zero-order valence-electron chi connectivity index (χ0n) is 15.1. The topological polar surface area (TPSA) is 108 Å². The number of nitrogens with zero attached hydrogens (tertiary/aromatic N) is 4. The van der Waals surface area contributed by atoms with Crippen LogP contribution >= 0.6 is 0 Å². The normalized spacial score (nSPS) is 20.6. The van der Waals surface area contributed by atoms with Crippen molar-refractivity contribution in [2.45, 2.75) is 32.2 Å². The highest BCUT2D eigenvalue weighted by atomic mass is 19.3. The fourth-order valence-electron chi connectivity index (χ4n) is 3.31. The minimum absolute atomic E-state index is 0.298. The number of imidazole rings is 1. The lowest BCUT2D eigenvalue weighted by Gasteiger charge is -2.39. The van der Waals surface area contributed by atoms with Gasteiger partial charge in [-0.15, -0.1) is 0 Å². The predicted octanol–water partition coefficient (Wildman–Crippen LogP) is 2.73. The van der Waals surface area contributed by atoms with Crippen LogP contribution in [0.15, 0.2) is 24.7 Å². The van der Waals surface area contributed by atoms with Crippen molar-refractivity contribution in [1.29, 1.82) is 5.41 Å². The van der Waals surface area contributed by atoms with Gasteiger partial charge in [0.05, 0.1) is 23.3 Å². The van der Waals surface area contributed by atoms with E-state index in [9.17, 15) is 8.78 Å². The lowest BCUT2D eigenvalue weighted by molar-refractivity contribution is 0.226. The molecule has 2 unspecified atom stereocenters. The van der Waals surface area contributed by atoms with E-state index in [0.717, 1.165) is 31.3 Å². The standard InChI is InChI=1S/C18H23F2N7/c1-11-12(8-21)3-2-6-27(11)17-7-14(24-10-25-17)15-9-23-16(26-15)5-4-13(22)18(19)20/h4-5,7,9-12,18,22H,2-3,6,8,21H2,1H3,(H,23,26)/b5-4-,22-13?. The number of piperidine rings is 1. The van der Waals surface area contributed by atoms with Crippen LogP contribution in [0.5, 0.6) is 0 Å². The van der Waals surface area contributed by atoms with Crippen molar-refractivity contribution in [3.05, 3.63) is 30.5 Å². The van der Waals surface area contributed by atoms with E-state index in [4.69, 9.17) is 11.1 Å². The lowest BCUT2D eigenvalue weighted by Crippen LogP contribution is -2.46. The summed E-state index contributed by atoms with van der Waals surface area (Å²) in [5, 5.41) is 7.14. The van der Waals surface area contributed by atoms with E-state index in [1.807, 2.05) is 6.07 Å². The zero-order chi connectivity index (χ0) is 19.4. The molecular formula is C18H23F2N7. The van der Waals surface area contributed by atoms with Gasteiger partial charge in [0, 0.05) is 18.7 Å². The van der Waals surface area contributed by atoms with E-state index in [1.54, 1.807) is 6.20 Å². The predicted molar refractivity (Wildman–Crippen MR) is 101 cm³/mol. The number of rotatable bonds is 6. The second-order valence-corrected chi connectivity index (χ2v) is 6.60. The van der Waals surface area contributed by atoms with E-state index in [1.165, 1.54) is 12.4 Å². The maximum atomic E-state index is 12.4. The van der Waals surface area contributed by atoms with E-state index in [0.29, 0.717) is 35.7 Å². The van der Waals surface area contributed by atoms with Crippen LogP contribution < -0.4 is 10.6 Å². The second kappa shape index (κ2) is 8.34. The minimum atomic E-state index is -2.80. The molecule has 0 aromatic carbocycles. The Morgan fingerprint density at radius 3 is 3.00 bits per heavy atom. The number of alkyl halides is 2. The number of nitrogens with two attached hydrogens (primary N) is 1. The molecule has 7 nitrogen and oxygen atoms in total. The molecule has 2 atom stereocenters. The first-order valence-electron chi connectivity index (χ1n) is 8.88. The molecule has 144 valence electrons. The molecule has 0 spiro atoms. The van der Waals surface area contributed by atoms with E-state index in [-0.39, 0.29) is 0 Å². The summed E-state index contributed by atoms with van der Waals surface area (Å²) in [6, 6.07) is 2.18. The number of hydrogen-bond acceptors (Lipinski definition) is 6. The first-order chi connectivity index (χ1) is 13.0. The van der Waals surface area contributed by atoms with Crippen molar-refractivity contribution in [2.24, 2.45) is 11.7 Å². The molecule has 4 N–H and O–H groups in total. The van der Waals surface area contributed by atoms with Crippen molar-refractivity contribution in [3.8, 4) is 11.4 Å². The van der Waals surface area contributed by atoms with Gasteiger partial charge in [0.15, 0.2) is 0 Å². The molecule has 2 aromatic heterocycles. The summed E-state index contributed by atoms with van der Waals surface area (Å²) in [5.41, 5.74) is 6.45. The van der Waals surface area contributed by atoms with Crippen LogP contribution in [-0.4, -0.2) is 51.2 Å². The summed E-state index contributed by atoms with van der Waals surface area (Å²) in [6.45, 7) is 3.73. The van der Waals surface area contributed by atoms with Crippen LogP contribution in [0.3, 0.4) is 0 Å². The fourth-order valence-corrected chi connectivity index (χ4v) is 3.31. The van der Waals surface area contributed by atoms with Gasteiger partial charge < -0.3 is 15.6 Å². The van der Waals surface area contributed by atoms with Gasteiger partial charge in [-0.1, -0.05) is 0 Å². The van der Waals surface area contributed by atoms with Gasteiger partial charge in [0.1, 0.15) is 18.0 Å². The van der Waals surface area contributed by atoms with Crippen LogP contribution in [-0.2, 0) is 0 Å². The number of aromatic nitrogens is 4. The molecule has 3 heterocycles.